The van der Waals surface area contributed by atoms with Gasteiger partial charge in [0.1, 0.15) is 0 Å². The summed E-state index contributed by atoms with van der Waals surface area (Å²) < 4.78 is 0. The van der Waals surface area contributed by atoms with E-state index in [0.717, 1.165) is 11.3 Å². The minimum Gasteiger partial charge on any atom is -0.143 e. The van der Waals surface area contributed by atoms with Gasteiger partial charge in [0.2, 0.25) is 0 Å². The number of hydrogen-bond donors (Lipinski definition) is 1. The van der Waals surface area contributed by atoms with Crippen LogP contribution in [0, 0.1) is 6.92 Å². The van der Waals surface area contributed by atoms with E-state index in [1.165, 1.54) is 23.1 Å². The summed E-state index contributed by atoms with van der Waals surface area (Å²) in [6.07, 6.45) is 4.66. The standard InChI is InChI=1S/C13H18S.2C2H6/c1-4-5-6-10(2)13-9-12(14)8-7-11(13)3;2*1-2/h6-9,14H,4-5H2,1-3H3;2*1-2H3/b10-6-;;. The highest BCUT2D eigenvalue weighted by Gasteiger charge is 2.00. The number of benzene rings is 1. The molecule has 0 aromatic heterocycles. The molecule has 0 saturated heterocycles. The highest BCUT2D eigenvalue weighted by atomic mass is 32.1. The Hall–Kier alpha value is -0.690. The monoisotopic (exact) mass is 266 g/mol. The molecular weight excluding hydrogens is 236 g/mol. The van der Waals surface area contributed by atoms with Gasteiger partial charge in [-0.25, -0.2) is 0 Å². The Kier molecular flexibility index (Phi) is 13.9. The van der Waals surface area contributed by atoms with Crippen LogP contribution in [-0.2, 0) is 0 Å². The molecule has 1 heteroatoms. The van der Waals surface area contributed by atoms with Crippen LogP contribution in [0.25, 0.3) is 5.57 Å². The van der Waals surface area contributed by atoms with Gasteiger partial charge in [-0.1, -0.05) is 53.2 Å². The third-order valence-electron chi connectivity index (χ3n) is 2.39. The smallest absolute Gasteiger partial charge is 0.00462 e. The van der Waals surface area contributed by atoms with E-state index >= 15 is 0 Å². The van der Waals surface area contributed by atoms with Gasteiger partial charge in [0, 0.05) is 4.90 Å². The number of allylic oxidation sites excluding steroid dienone is 2. The largest absolute Gasteiger partial charge is 0.143 e. The van der Waals surface area contributed by atoms with E-state index in [2.05, 4.69) is 51.6 Å². The van der Waals surface area contributed by atoms with Gasteiger partial charge in [0.15, 0.2) is 0 Å². The average Bonchev–Trinajstić information content (AvgIpc) is 2.43. The quantitative estimate of drug-likeness (QED) is 0.590. The third kappa shape index (κ3) is 7.60. The first-order valence-corrected chi connectivity index (χ1v) is 7.56. The molecule has 0 fully saturated rings. The fraction of sp³-hybridized carbons (Fsp3) is 0.529. The van der Waals surface area contributed by atoms with Crippen LogP contribution in [0.4, 0.5) is 0 Å². The lowest BCUT2D eigenvalue weighted by atomic mass is 10.0. The lowest BCUT2D eigenvalue weighted by Crippen LogP contribution is -1.86. The van der Waals surface area contributed by atoms with Crippen molar-refractivity contribution in [3.63, 3.8) is 0 Å². The first-order chi connectivity index (χ1) is 8.65. The second-order valence-corrected chi connectivity index (χ2v) is 4.19. The maximum absolute atomic E-state index is 4.36. The van der Waals surface area contributed by atoms with Crippen molar-refractivity contribution in [2.75, 3.05) is 0 Å². The highest BCUT2D eigenvalue weighted by molar-refractivity contribution is 7.80. The molecule has 1 aromatic rings. The highest BCUT2D eigenvalue weighted by Crippen LogP contribution is 2.22. The van der Waals surface area contributed by atoms with Gasteiger partial charge >= 0.3 is 0 Å². The Balaban J connectivity index is 0. The molecule has 0 atom stereocenters. The van der Waals surface area contributed by atoms with Gasteiger partial charge in [0.25, 0.3) is 0 Å². The average molecular weight is 266 g/mol. The van der Waals surface area contributed by atoms with Gasteiger partial charge in [-0.3, -0.25) is 0 Å². The normalized spacial score (nSPS) is 9.89. The van der Waals surface area contributed by atoms with Crippen LogP contribution < -0.4 is 0 Å². The molecule has 1 aromatic carbocycles. The molecule has 0 N–H and O–H groups in total. The van der Waals surface area contributed by atoms with Crippen LogP contribution in [0.5, 0.6) is 0 Å². The van der Waals surface area contributed by atoms with E-state index in [4.69, 9.17) is 0 Å². The Morgan fingerprint density at radius 2 is 1.72 bits per heavy atom. The zero-order valence-corrected chi connectivity index (χ0v) is 14.1. The van der Waals surface area contributed by atoms with Crippen molar-refractivity contribution in [2.24, 2.45) is 0 Å². The predicted molar refractivity (Wildman–Crippen MR) is 89.7 cm³/mol. The fourth-order valence-corrected chi connectivity index (χ4v) is 1.71. The molecule has 0 heterocycles. The second kappa shape index (κ2) is 12.8. The minimum absolute atomic E-state index is 1.04. The molecule has 0 aliphatic rings. The van der Waals surface area contributed by atoms with E-state index in [1.807, 2.05) is 33.8 Å². The van der Waals surface area contributed by atoms with E-state index in [-0.39, 0.29) is 0 Å². The lowest BCUT2D eigenvalue weighted by molar-refractivity contribution is 0.959. The van der Waals surface area contributed by atoms with Gasteiger partial charge in [-0.15, -0.1) is 12.6 Å². The van der Waals surface area contributed by atoms with Crippen molar-refractivity contribution in [3.05, 3.63) is 35.4 Å². The first kappa shape index (κ1) is 19.6. The Morgan fingerprint density at radius 3 is 2.22 bits per heavy atom. The molecule has 1 rings (SSSR count). The molecule has 0 amide bonds. The molecule has 0 nitrogen and oxygen atoms in total. The lowest BCUT2D eigenvalue weighted by Gasteiger charge is -2.07. The topological polar surface area (TPSA) is 0 Å². The molecule has 0 bridgehead atoms. The molecule has 18 heavy (non-hydrogen) atoms. The third-order valence-corrected chi connectivity index (χ3v) is 2.66. The molecular formula is C17H30S. The van der Waals surface area contributed by atoms with E-state index in [9.17, 15) is 0 Å². The molecule has 0 aliphatic heterocycles. The van der Waals surface area contributed by atoms with Gasteiger partial charge in [-0.2, -0.15) is 0 Å². The first-order valence-electron chi connectivity index (χ1n) is 7.12. The van der Waals surface area contributed by atoms with Crippen molar-refractivity contribution in [2.45, 2.75) is 66.2 Å². The zero-order chi connectivity index (χ0) is 14.6. The number of hydrogen-bond acceptors (Lipinski definition) is 1. The predicted octanol–water partition coefficient (Wildman–Crippen LogP) is 6.54. The second-order valence-electron chi connectivity index (χ2n) is 3.68. The van der Waals surface area contributed by atoms with Crippen LogP contribution in [0.3, 0.4) is 0 Å². The summed E-state index contributed by atoms with van der Waals surface area (Å²) in [6, 6.07) is 6.30. The van der Waals surface area contributed by atoms with Crippen molar-refractivity contribution in [3.8, 4) is 0 Å². The maximum Gasteiger partial charge on any atom is 0.00462 e. The summed E-state index contributed by atoms with van der Waals surface area (Å²) in [5, 5.41) is 0. The van der Waals surface area contributed by atoms with Crippen LogP contribution in [0.1, 0.15) is 65.5 Å². The number of thiol groups is 1. The van der Waals surface area contributed by atoms with Gasteiger partial charge < -0.3 is 0 Å². The van der Waals surface area contributed by atoms with Crippen LogP contribution in [-0.4, -0.2) is 0 Å². The van der Waals surface area contributed by atoms with E-state index < -0.39 is 0 Å². The molecule has 0 unspecified atom stereocenters. The Morgan fingerprint density at radius 1 is 1.17 bits per heavy atom. The number of rotatable bonds is 3. The van der Waals surface area contributed by atoms with Crippen LogP contribution >= 0.6 is 12.6 Å². The van der Waals surface area contributed by atoms with E-state index in [0.29, 0.717) is 0 Å². The molecule has 0 aliphatic carbocycles. The summed E-state index contributed by atoms with van der Waals surface area (Å²) >= 11 is 4.36. The molecule has 0 radical (unpaired) electrons. The van der Waals surface area contributed by atoms with Gasteiger partial charge in [-0.05, 0) is 49.1 Å². The van der Waals surface area contributed by atoms with Crippen molar-refractivity contribution < 1.29 is 0 Å². The van der Waals surface area contributed by atoms with Crippen molar-refractivity contribution in [1.29, 1.82) is 0 Å². The van der Waals surface area contributed by atoms with Crippen LogP contribution in [0.2, 0.25) is 0 Å². The molecule has 0 spiro atoms. The summed E-state index contributed by atoms with van der Waals surface area (Å²) in [7, 11) is 0. The van der Waals surface area contributed by atoms with Crippen molar-refractivity contribution in [1.82, 2.24) is 0 Å². The van der Waals surface area contributed by atoms with Crippen molar-refractivity contribution >= 4 is 18.2 Å². The number of unbranched alkanes of at least 4 members (excludes halogenated alkanes) is 1. The summed E-state index contributed by atoms with van der Waals surface area (Å²) in [5.41, 5.74) is 4.01. The van der Waals surface area contributed by atoms with E-state index in [1.54, 1.807) is 0 Å². The molecule has 0 saturated carbocycles. The Labute approximate surface area is 120 Å². The minimum atomic E-state index is 1.04. The zero-order valence-electron chi connectivity index (χ0n) is 13.2. The number of aryl methyl sites for hydroxylation is 1. The van der Waals surface area contributed by atoms with Gasteiger partial charge in [0.05, 0.1) is 0 Å². The molecule has 104 valence electrons. The fourth-order valence-electron chi connectivity index (χ4n) is 1.51. The maximum atomic E-state index is 4.36. The summed E-state index contributed by atoms with van der Waals surface area (Å²) in [4.78, 5) is 1.04. The Bertz CT molecular complexity index is 337. The summed E-state index contributed by atoms with van der Waals surface area (Å²) in [6.45, 7) is 14.5. The summed E-state index contributed by atoms with van der Waals surface area (Å²) in [5.74, 6) is 0. The SMILES string of the molecule is CC.CC.CCC/C=C(/C)c1cc(S)ccc1C. The van der Waals surface area contributed by atoms with Crippen LogP contribution in [0.15, 0.2) is 29.2 Å².